The molecule has 0 fully saturated rings. The van der Waals surface area contributed by atoms with Crippen molar-refractivity contribution in [3.8, 4) is 23.0 Å². The Morgan fingerprint density at radius 2 is 1.14 bits per heavy atom. The fourth-order valence-corrected chi connectivity index (χ4v) is 2.54. The van der Waals surface area contributed by atoms with Gasteiger partial charge >= 0.3 is 23.9 Å². The molecule has 0 spiro atoms. The second-order valence-electron chi connectivity index (χ2n) is 6.74. The number of esters is 3. The Bertz CT molecular complexity index is 1180. The van der Waals surface area contributed by atoms with Crippen molar-refractivity contribution in [3.05, 3.63) is 59.7 Å². The van der Waals surface area contributed by atoms with Crippen molar-refractivity contribution in [2.24, 2.45) is 0 Å². The van der Waals surface area contributed by atoms with Gasteiger partial charge in [-0.25, -0.2) is 19.2 Å². The maximum absolute atomic E-state index is 12.2. The summed E-state index contributed by atoms with van der Waals surface area (Å²) in [6, 6.07) is 7.24. The van der Waals surface area contributed by atoms with Gasteiger partial charge in [-0.2, -0.15) is 0 Å². The average molecular weight is 488 g/mol. The molecule has 0 aliphatic rings. The molecule has 0 aromatic heterocycles. The molecule has 0 radical (unpaired) electrons. The van der Waals surface area contributed by atoms with Crippen LogP contribution in [0.15, 0.2) is 48.6 Å². The van der Waals surface area contributed by atoms with Crippen molar-refractivity contribution in [2.75, 3.05) is 7.11 Å². The van der Waals surface area contributed by atoms with Crippen molar-refractivity contribution < 1.29 is 58.9 Å². The van der Waals surface area contributed by atoms with Crippen molar-refractivity contribution in [1.82, 2.24) is 0 Å². The number of carboxylic acid groups (broad SMARTS) is 1. The number of hydrogen-bond donors (Lipinski definition) is 5. The molecule has 5 N–H and O–H groups in total. The number of benzene rings is 2. The third-order valence-corrected chi connectivity index (χ3v) is 4.26. The fraction of sp³-hybridized carbons (Fsp3) is 0.130. The van der Waals surface area contributed by atoms with Crippen LogP contribution in [0.3, 0.4) is 0 Å². The minimum atomic E-state index is -2.28. The Balaban J connectivity index is 2.16. The van der Waals surface area contributed by atoms with E-state index < -0.39 is 59.1 Å². The van der Waals surface area contributed by atoms with Crippen molar-refractivity contribution in [1.29, 1.82) is 0 Å². The smallest absolute Gasteiger partial charge is 0.351 e. The molecule has 0 amide bonds. The first kappa shape index (κ1) is 26.3. The van der Waals surface area contributed by atoms with Gasteiger partial charge in [-0.05, 0) is 47.5 Å². The number of rotatable bonds is 9. The Kier molecular flexibility index (Phi) is 8.81. The van der Waals surface area contributed by atoms with Crippen LogP contribution in [0.1, 0.15) is 11.1 Å². The lowest BCUT2D eigenvalue weighted by atomic mass is 10.2. The molecule has 2 rings (SSSR count). The number of carbonyl (C=O) groups excluding carboxylic acids is 3. The van der Waals surface area contributed by atoms with Gasteiger partial charge in [-0.15, -0.1) is 0 Å². The van der Waals surface area contributed by atoms with Gasteiger partial charge in [0.1, 0.15) is 0 Å². The predicted octanol–water partition coefficient (Wildman–Crippen LogP) is 1.32. The Hall–Kier alpha value is -5.00. The summed E-state index contributed by atoms with van der Waals surface area (Å²) in [6.45, 7) is 0. The van der Waals surface area contributed by atoms with Crippen LogP contribution in [0.2, 0.25) is 0 Å². The summed E-state index contributed by atoms with van der Waals surface area (Å²) in [5.74, 6) is -7.27. The Morgan fingerprint density at radius 3 is 1.51 bits per heavy atom. The van der Waals surface area contributed by atoms with Gasteiger partial charge in [-0.3, -0.25) is 0 Å². The van der Waals surface area contributed by atoms with E-state index >= 15 is 0 Å². The van der Waals surface area contributed by atoms with Gasteiger partial charge in [0.25, 0.3) is 0 Å². The first-order valence-corrected chi connectivity index (χ1v) is 9.63. The number of aromatic hydroxyl groups is 4. The summed E-state index contributed by atoms with van der Waals surface area (Å²) in [7, 11) is 0.899. The number of ether oxygens (including phenoxy) is 3. The van der Waals surface area contributed by atoms with E-state index in [1.54, 1.807) is 0 Å². The molecule has 2 unspecified atom stereocenters. The predicted molar refractivity (Wildman–Crippen MR) is 117 cm³/mol. The number of phenolic OH excluding ortho intramolecular Hbond substituents is 4. The van der Waals surface area contributed by atoms with Crippen LogP contribution in [0.5, 0.6) is 23.0 Å². The third kappa shape index (κ3) is 7.53. The lowest BCUT2D eigenvalue weighted by molar-refractivity contribution is -0.185. The number of methoxy groups -OCH3 is 1. The minimum absolute atomic E-state index is 0.255. The zero-order valence-electron chi connectivity index (χ0n) is 18.0. The van der Waals surface area contributed by atoms with Crippen LogP contribution in [0.25, 0.3) is 12.2 Å². The summed E-state index contributed by atoms with van der Waals surface area (Å²) in [4.78, 5) is 48.0. The van der Waals surface area contributed by atoms with E-state index in [-0.39, 0.29) is 11.1 Å². The number of phenols is 4. The molecule has 12 nitrogen and oxygen atoms in total. The molecule has 2 aromatic rings. The Labute approximate surface area is 197 Å². The molecule has 0 aliphatic carbocycles. The highest BCUT2D eigenvalue weighted by Gasteiger charge is 2.40. The van der Waals surface area contributed by atoms with Gasteiger partial charge in [0.05, 0.1) is 7.11 Å². The van der Waals surface area contributed by atoms with Crippen molar-refractivity contribution >= 4 is 36.0 Å². The van der Waals surface area contributed by atoms with Gasteiger partial charge in [0, 0.05) is 12.2 Å². The maximum atomic E-state index is 12.2. The lowest BCUT2D eigenvalue weighted by Gasteiger charge is -2.21. The molecule has 0 heterocycles. The molecule has 12 heteroatoms. The molecule has 35 heavy (non-hydrogen) atoms. The highest BCUT2D eigenvalue weighted by Crippen LogP contribution is 2.26. The van der Waals surface area contributed by atoms with Gasteiger partial charge in [0.15, 0.2) is 23.0 Å². The zero-order valence-corrected chi connectivity index (χ0v) is 18.0. The van der Waals surface area contributed by atoms with E-state index in [1.165, 1.54) is 12.1 Å². The van der Waals surface area contributed by atoms with Crippen LogP contribution >= 0.6 is 0 Å². The van der Waals surface area contributed by atoms with E-state index in [4.69, 9.17) is 9.47 Å². The number of carbonyl (C=O) groups is 4. The molecule has 0 aliphatic heterocycles. The van der Waals surface area contributed by atoms with Crippen LogP contribution in [0.4, 0.5) is 0 Å². The Morgan fingerprint density at radius 1 is 0.714 bits per heavy atom. The largest absolute Gasteiger partial charge is 0.504 e. The molecular weight excluding hydrogens is 468 g/mol. The monoisotopic (exact) mass is 488 g/mol. The van der Waals surface area contributed by atoms with E-state index in [0.717, 1.165) is 55.7 Å². The van der Waals surface area contributed by atoms with Crippen molar-refractivity contribution in [3.63, 3.8) is 0 Å². The summed E-state index contributed by atoms with van der Waals surface area (Å²) >= 11 is 0. The van der Waals surface area contributed by atoms with Gasteiger partial charge < -0.3 is 39.7 Å². The summed E-state index contributed by atoms with van der Waals surface area (Å²) in [5, 5.41) is 47.0. The molecular formula is C23H20O12. The topological polar surface area (TPSA) is 197 Å². The normalized spacial score (nSPS) is 12.7. The van der Waals surface area contributed by atoms with Gasteiger partial charge in [0.2, 0.25) is 12.2 Å². The maximum Gasteiger partial charge on any atom is 0.351 e. The molecule has 184 valence electrons. The van der Waals surface area contributed by atoms with Crippen LogP contribution in [0, 0.1) is 0 Å². The van der Waals surface area contributed by atoms with E-state index in [0.29, 0.717) is 0 Å². The average Bonchev–Trinajstić information content (AvgIpc) is 2.82. The van der Waals surface area contributed by atoms with E-state index in [1.807, 2.05) is 0 Å². The van der Waals surface area contributed by atoms with E-state index in [9.17, 15) is 44.7 Å². The third-order valence-electron chi connectivity index (χ3n) is 4.26. The molecule has 2 aromatic carbocycles. The fourth-order valence-electron chi connectivity index (χ4n) is 2.54. The quantitative estimate of drug-likeness (QED) is 0.147. The van der Waals surface area contributed by atoms with Crippen molar-refractivity contribution in [2.45, 2.75) is 12.2 Å². The second-order valence-corrected chi connectivity index (χ2v) is 6.74. The van der Waals surface area contributed by atoms with Crippen LogP contribution < -0.4 is 0 Å². The summed E-state index contributed by atoms with van der Waals surface area (Å²) in [5.41, 5.74) is 0.518. The number of carboxylic acids is 1. The molecule has 2 atom stereocenters. The van der Waals surface area contributed by atoms with Crippen LogP contribution in [-0.2, 0) is 33.4 Å². The standard InChI is InChI=1S/C23H20O12/c1-33-23(32)21(35-19(29)9-5-13-3-7-15(25)17(27)11-13)20(22(30)31)34-18(28)8-4-12-2-6-14(24)16(26)10-12/h2-11,20-21,24-27H,1H3,(H,30,31). The molecule has 0 saturated carbocycles. The van der Waals surface area contributed by atoms with Gasteiger partial charge in [-0.1, -0.05) is 12.1 Å². The first-order chi connectivity index (χ1) is 16.5. The number of hydrogen-bond acceptors (Lipinski definition) is 11. The van der Waals surface area contributed by atoms with Crippen LogP contribution in [-0.4, -0.2) is 68.7 Å². The molecule has 0 saturated heterocycles. The summed E-state index contributed by atoms with van der Waals surface area (Å²) in [6.07, 6.45) is -0.571. The SMILES string of the molecule is COC(=O)C(OC(=O)C=Cc1ccc(O)c(O)c1)C(OC(=O)C=Cc1ccc(O)c(O)c1)C(=O)O. The highest BCUT2D eigenvalue weighted by atomic mass is 16.6. The van der Waals surface area contributed by atoms with E-state index in [2.05, 4.69) is 4.74 Å². The lowest BCUT2D eigenvalue weighted by Crippen LogP contribution is -2.46. The highest BCUT2D eigenvalue weighted by molar-refractivity contribution is 5.94. The first-order valence-electron chi connectivity index (χ1n) is 9.63. The summed E-state index contributed by atoms with van der Waals surface area (Å²) < 4.78 is 14.1. The number of aliphatic carboxylic acids is 1. The second kappa shape index (κ2) is 11.7. The minimum Gasteiger partial charge on any atom is -0.504 e. The zero-order chi connectivity index (χ0) is 26.1. The molecule has 0 bridgehead atoms.